The highest BCUT2D eigenvalue weighted by Crippen LogP contribution is 2.29. The zero-order chi connectivity index (χ0) is 14.7. The van der Waals surface area contributed by atoms with E-state index in [2.05, 4.69) is 4.90 Å². The smallest absolute Gasteiger partial charge is 0.310 e. The molecule has 1 heterocycles. The molecule has 1 aromatic rings. The molecule has 0 bridgehead atoms. The predicted molar refractivity (Wildman–Crippen MR) is 74.7 cm³/mol. The summed E-state index contributed by atoms with van der Waals surface area (Å²) >= 11 is 0. The largest absolute Gasteiger partial charge is 0.490 e. The first-order valence-corrected chi connectivity index (χ1v) is 6.73. The quantitative estimate of drug-likeness (QED) is 0.657. The van der Waals surface area contributed by atoms with Crippen LogP contribution >= 0.6 is 0 Å². The molecular weight excluding hydrogens is 260 g/mol. The number of ether oxygens (including phenoxy) is 1. The minimum Gasteiger partial charge on any atom is -0.490 e. The van der Waals surface area contributed by atoms with Gasteiger partial charge in [-0.1, -0.05) is 6.07 Å². The average molecular weight is 280 g/mol. The number of aliphatic hydroxyl groups excluding tert-OH is 1. The molecule has 6 nitrogen and oxygen atoms in total. The van der Waals surface area contributed by atoms with E-state index in [9.17, 15) is 15.2 Å². The van der Waals surface area contributed by atoms with Gasteiger partial charge in [0.2, 0.25) is 0 Å². The molecule has 1 aliphatic rings. The van der Waals surface area contributed by atoms with Gasteiger partial charge in [0, 0.05) is 19.2 Å². The van der Waals surface area contributed by atoms with Gasteiger partial charge in [-0.25, -0.2) is 0 Å². The van der Waals surface area contributed by atoms with Crippen molar-refractivity contribution in [3.05, 3.63) is 33.9 Å². The summed E-state index contributed by atoms with van der Waals surface area (Å²) in [5.41, 5.74) is 0.971. The molecule has 0 spiro atoms. The highest BCUT2D eigenvalue weighted by atomic mass is 16.6. The zero-order valence-electron chi connectivity index (χ0n) is 11.8. The summed E-state index contributed by atoms with van der Waals surface area (Å²) in [4.78, 5) is 12.6. The van der Waals surface area contributed by atoms with Gasteiger partial charge in [-0.05, 0) is 37.4 Å². The van der Waals surface area contributed by atoms with E-state index in [1.165, 1.54) is 13.2 Å². The summed E-state index contributed by atoms with van der Waals surface area (Å²) < 4.78 is 5.07. The number of likely N-dealkylation sites (tertiary alicyclic amines) is 1. The molecule has 1 saturated heterocycles. The number of aliphatic hydroxyl groups is 1. The monoisotopic (exact) mass is 280 g/mol. The van der Waals surface area contributed by atoms with Gasteiger partial charge >= 0.3 is 5.69 Å². The van der Waals surface area contributed by atoms with E-state index >= 15 is 0 Å². The van der Waals surface area contributed by atoms with Crippen LogP contribution in [0.1, 0.15) is 18.9 Å². The van der Waals surface area contributed by atoms with E-state index in [0.29, 0.717) is 11.7 Å². The first kappa shape index (κ1) is 14.7. The Morgan fingerprint density at radius 2 is 2.35 bits per heavy atom. The normalized spacial score (nSPS) is 20.9. The van der Waals surface area contributed by atoms with Crippen LogP contribution in [0.3, 0.4) is 0 Å². The Hall–Kier alpha value is -1.66. The summed E-state index contributed by atoms with van der Waals surface area (Å²) in [6.07, 6.45) is 0.702. The molecule has 0 radical (unpaired) electrons. The van der Waals surface area contributed by atoms with Crippen molar-refractivity contribution < 1.29 is 14.8 Å². The Morgan fingerprint density at radius 3 is 2.90 bits per heavy atom. The lowest BCUT2D eigenvalue weighted by Crippen LogP contribution is -2.23. The average Bonchev–Trinajstić information content (AvgIpc) is 2.87. The fraction of sp³-hybridized carbons (Fsp3) is 0.571. The molecule has 1 aliphatic heterocycles. The molecule has 0 aromatic heterocycles. The minimum absolute atomic E-state index is 0.0143. The molecule has 0 aliphatic carbocycles. The van der Waals surface area contributed by atoms with E-state index < -0.39 is 4.92 Å². The minimum atomic E-state index is -0.443. The van der Waals surface area contributed by atoms with Crippen molar-refractivity contribution in [3.8, 4) is 5.75 Å². The van der Waals surface area contributed by atoms with Crippen LogP contribution in [0, 0.1) is 16.0 Å². The lowest BCUT2D eigenvalue weighted by atomic mass is 10.0. The standard InChI is InChI=1S/C14H20N2O4/c1-10(17)12-5-6-15(9-12)8-11-3-4-13(16(18)19)14(7-11)20-2/h3-4,7,10,12,17H,5-6,8-9H2,1-2H3. The molecule has 1 fully saturated rings. The third-order valence-corrected chi connectivity index (χ3v) is 3.84. The number of methoxy groups -OCH3 is 1. The van der Waals surface area contributed by atoms with Crippen LogP contribution in [0.2, 0.25) is 0 Å². The van der Waals surface area contributed by atoms with Crippen LogP contribution in [0.15, 0.2) is 18.2 Å². The molecule has 2 unspecified atom stereocenters. The molecule has 0 saturated carbocycles. The van der Waals surface area contributed by atoms with Gasteiger partial charge in [0.1, 0.15) is 0 Å². The van der Waals surface area contributed by atoms with Crippen molar-refractivity contribution in [2.24, 2.45) is 5.92 Å². The second-order valence-corrected chi connectivity index (χ2v) is 5.29. The van der Waals surface area contributed by atoms with Crippen molar-refractivity contribution in [3.63, 3.8) is 0 Å². The number of nitrogens with zero attached hydrogens (tertiary/aromatic N) is 2. The molecule has 1 aromatic carbocycles. The van der Waals surface area contributed by atoms with Crippen LogP contribution in [0.5, 0.6) is 5.75 Å². The van der Waals surface area contributed by atoms with Gasteiger partial charge in [0.05, 0.1) is 18.1 Å². The van der Waals surface area contributed by atoms with Crippen LogP contribution in [-0.2, 0) is 6.54 Å². The second-order valence-electron chi connectivity index (χ2n) is 5.29. The van der Waals surface area contributed by atoms with E-state index in [4.69, 9.17) is 4.74 Å². The highest BCUT2D eigenvalue weighted by molar-refractivity contribution is 5.48. The lowest BCUT2D eigenvalue weighted by Gasteiger charge is -2.17. The summed E-state index contributed by atoms with van der Waals surface area (Å²) in [7, 11) is 1.44. The van der Waals surface area contributed by atoms with Crippen LogP contribution in [0.4, 0.5) is 5.69 Å². The number of hydrogen-bond donors (Lipinski definition) is 1. The molecule has 2 rings (SSSR count). The maximum Gasteiger partial charge on any atom is 0.310 e. The number of hydrogen-bond acceptors (Lipinski definition) is 5. The number of benzene rings is 1. The third-order valence-electron chi connectivity index (χ3n) is 3.84. The Kier molecular flexibility index (Phi) is 4.57. The fourth-order valence-electron chi connectivity index (χ4n) is 2.63. The SMILES string of the molecule is COc1cc(CN2CCC(C(C)O)C2)ccc1[N+](=O)[O-]. The van der Waals surface area contributed by atoms with Gasteiger partial charge in [-0.2, -0.15) is 0 Å². The fourth-order valence-corrected chi connectivity index (χ4v) is 2.63. The summed E-state index contributed by atoms with van der Waals surface area (Å²) in [5, 5.41) is 20.4. The van der Waals surface area contributed by atoms with E-state index in [-0.39, 0.29) is 11.8 Å². The maximum absolute atomic E-state index is 10.8. The van der Waals surface area contributed by atoms with Crippen LogP contribution in [-0.4, -0.2) is 41.2 Å². The molecule has 110 valence electrons. The molecule has 6 heteroatoms. The van der Waals surface area contributed by atoms with Gasteiger partial charge in [0.15, 0.2) is 5.75 Å². The Morgan fingerprint density at radius 1 is 1.60 bits per heavy atom. The van der Waals surface area contributed by atoms with Gasteiger partial charge in [-0.15, -0.1) is 0 Å². The first-order valence-electron chi connectivity index (χ1n) is 6.73. The van der Waals surface area contributed by atoms with Gasteiger partial charge in [-0.3, -0.25) is 15.0 Å². The number of rotatable bonds is 5. The van der Waals surface area contributed by atoms with Crippen molar-refractivity contribution in [2.45, 2.75) is 26.0 Å². The number of nitro groups is 1. The molecular formula is C14H20N2O4. The van der Waals surface area contributed by atoms with Gasteiger partial charge in [0.25, 0.3) is 0 Å². The summed E-state index contributed by atoms with van der Waals surface area (Å²) in [6.45, 7) is 4.34. The molecule has 20 heavy (non-hydrogen) atoms. The second kappa shape index (κ2) is 6.19. The van der Waals surface area contributed by atoms with E-state index in [1.54, 1.807) is 12.1 Å². The molecule has 1 N–H and O–H groups in total. The van der Waals surface area contributed by atoms with Crippen molar-refractivity contribution >= 4 is 5.69 Å². The van der Waals surface area contributed by atoms with Gasteiger partial charge < -0.3 is 9.84 Å². The lowest BCUT2D eigenvalue weighted by molar-refractivity contribution is -0.385. The van der Waals surface area contributed by atoms with E-state index in [1.807, 2.05) is 6.92 Å². The Labute approximate surface area is 118 Å². The van der Waals surface area contributed by atoms with Crippen molar-refractivity contribution in [1.29, 1.82) is 0 Å². The Bertz CT molecular complexity index is 490. The van der Waals surface area contributed by atoms with Crippen LogP contribution < -0.4 is 4.74 Å². The Balaban J connectivity index is 2.05. The third kappa shape index (κ3) is 3.26. The summed E-state index contributed by atoms with van der Waals surface area (Å²) in [6, 6.07) is 4.96. The van der Waals surface area contributed by atoms with Crippen LogP contribution in [0.25, 0.3) is 0 Å². The maximum atomic E-state index is 10.8. The first-order chi connectivity index (χ1) is 9.51. The predicted octanol–water partition coefficient (Wildman–Crippen LogP) is 1.81. The molecule has 0 amide bonds. The topological polar surface area (TPSA) is 75.8 Å². The summed E-state index contributed by atoms with van der Waals surface area (Å²) in [5.74, 6) is 0.605. The van der Waals surface area contributed by atoms with E-state index in [0.717, 1.165) is 31.6 Å². The van der Waals surface area contributed by atoms with Crippen molar-refractivity contribution in [1.82, 2.24) is 4.90 Å². The highest BCUT2D eigenvalue weighted by Gasteiger charge is 2.26. The zero-order valence-corrected chi connectivity index (χ0v) is 11.8. The molecule has 2 atom stereocenters. The van der Waals surface area contributed by atoms with Crippen molar-refractivity contribution in [2.75, 3.05) is 20.2 Å². The number of nitro benzene ring substituents is 1.